The number of amides is 1. The first kappa shape index (κ1) is 12.7. The molecule has 3 rings (SSSR count). The molecule has 0 aliphatic heterocycles. The lowest BCUT2D eigenvalue weighted by Gasteiger charge is -2.04. The Labute approximate surface area is 117 Å². The van der Waals surface area contributed by atoms with Gasteiger partial charge < -0.3 is 11.1 Å². The fraction of sp³-hybridized carbons (Fsp3) is 0.333. The summed E-state index contributed by atoms with van der Waals surface area (Å²) >= 11 is 0. The molecule has 0 radical (unpaired) electrons. The van der Waals surface area contributed by atoms with Gasteiger partial charge in [0.05, 0.1) is 11.4 Å². The maximum absolute atomic E-state index is 12.0. The van der Waals surface area contributed by atoms with Crippen molar-refractivity contribution < 1.29 is 4.79 Å². The summed E-state index contributed by atoms with van der Waals surface area (Å²) in [7, 11) is 0. The predicted octanol–water partition coefficient (Wildman–Crippen LogP) is 1.84. The fourth-order valence-corrected chi connectivity index (χ4v) is 2.27. The molecule has 1 aromatic carbocycles. The monoisotopic (exact) mass is 270 g/mol. The van der Waals surface area contributed by atoms with Crippen LogP contribution in [-0.4, -0.2) is 22.6 Å². The molecule has 0 unspecified atom stereocenters. The van der Waals surface area contributed by atoms with E-state index in [1.807, 2.05) is 30.3 Å². The second-order valence-electron chi connectivity index (χ2n) is 5.17. The quantitative estimate of drug-likeness (QED) is 0.775. The van der Waals surface area contributed by atoms with Crippen LogP contribution >= 0.6 is 0 Å². The number of nitrogen functional groups attached to an aromatic ring is 1. The van der Waals surface area contributed by atoms with Gasteiger partial charge in [0.25, 0.3) is 5.91 Å². The van der Waals surface area contributed by atoms with E-state index in [2.05, 4.69) is 15.5 Å². The van der Waals surface area contributed by atoms with Crippen LogP contribution in [0.15, 0.2) is 30.3 Å². The van der Waals surface area contributed by atoms with Crippen LogP contribution in [0, 0.1) is 0 Å². The van der Waals surface area contributed by atoms with E-state index in [1.165, 1.54) is 5.56 Å². The van der Waals surface area contributed by atoms with Gasteiger partial charge in [-0.3, -0.25) is 9.89 Å². The van der Waals surface area contributed by atoms with E-state index in [1.54, 1.807) is 0 Å². The maximum Gasteiger partial charge on any atom is 0.273 e. The Kier molecular flexibility index (Phi) is 3.41. The number of nitrogens with one attached hydrogen (secondary N) is 2. The molecule has 5 heteroatoms. The Morgan fingerprint density at radius 2 is 2.10 bits per heavy atom. The first-order valence-electron chi connectivity index (χ1n) is 6.91. The molecule has 4 N–H and O–H groups in total. The lowest BCUT2D eigenvalue weighted by atomic mass is 10.1. The number of benzene rings is 1. The molecule has 0 saturated heterocycles. The zero-order chi connectivity index (χ0) is 13.9. The Hall–Kier alpha value is -2.30. The third-order valence-electron chi connectivity index (χ3n) is 3.58. The third-order valence-corrected chi connectivity index (χ3v) is 3.58. The Morgan fingerprint density at radius 3 is 2.80 bits per heavy atom. The molecule has 0 atom stereocenters. The standard InChI is InChI=1S/C15H18N4O/c16-12-13(11-6-7-11)18-19-14(12)15(20)17-9-8-10-4-2-1-3-5-10/h1-5,11H,6-9,16H2,(H,17,20)(H,18,19). The van der Waals surface area contributed by atoms with Crippen LogP contribution in [-0.2, 0) is 6.42 Å². The van der Waals surface area contributed by atoms with Gasteiger partial charge in [0.1, 0.15) is 0 Å². The van der Waals surface area contributed by atoms with Crippen LogP contribution in [0.25, 0.3) is 0 Å². The molecule has 104 valence electrons. The van der Waals surface area contributed by atoms with Gasteiger partial charge in [-0.05, 0) is 24.8 Å². The Bertz CT molecular complexity index is 602. The average molecular weight is 270 g/mol. The number of nitrogens with zero attached hydrogens (tertiary/aromatic N) is 1. The van der Waals surface area contributed by atoms with Gasteiger partial charge in [-0.2, -0.15) is 5.10 Å². The summed E-state index contributed by atoms with van der Waals surface area (Å²) in [4.78, 5) is 12.0. The number of nitrogens with two attached hydrogens (primary N) is 1. The summed E-state index contributed by atoms with van der Waals surface area (Å²) in [6.07, 6.45) is 3.05. The molecular formula is C15H18N4O. The molecule has 1 aliphatic carbocycles. The summed E-state index contributed by atoms with van der Waals surface area (Å²) in [5.74, 6) is 0.259. The van der Waals surface area contributed by atoms with Gasteiger partial charge in [0.15, 0.2) is 5.69 Å². The van der Waals surface area contributed by atoms with E-state index >= 15 is 0 Å². The number of H-pyrrole nitrogens is 1. The van der Waals surface area contributed by atoms with Crippen molar-refractivity contribution in [3.05, 3.63) is 47.3 Å². The normalized spacial score (nSPS) is 14.2. The second-order valence-corrected chi connectivity index (χ2v) is 5.17. The molecule has 1 heterocycles. The van der Waals surface area contributed by atoms with Gasteiger partial charge in [-0.25, -0.2) is 0 Å². The highest BCUT2D eigenvalue weighted by Crippen LogP contribution is 2.42. The van der Waals surface area contributed by atoms with Crippen molar-refractivity contribution in [3.63, 3.8) is 0 Å². The topological polar surface area (TPSA) is 83.8 Å². The number of carbonyl (C=O) groups excluding carboxylic acids is 1. The van der Waals surface area contributed by atoms with E-state index in [0.717, 1.165) is 25.0 Å². The fourth-order valence-electron chi connectivity index (χ4n) is 2.27. The van der Waals surface area contributed by atoms with Gasteiger partial charge in [0, 0.05) is 12.5 Å². The highest BCUT2D eigenvalue weighted by atomic mass is 16.1. The molecule has 1 saturated carbocycles. The molecule has 2 aromatic rings. The molecule has 20 heavy (non-hydrogen) atoms. The first-order valence-corrected chi connectivity index (χ1v) is 6.91. The summed E-state index contributed by atoms with van der Waals surface area (Å²) < 4.78 is 0. The Morgan fingerprint density at radius 1 is 1.35 bits per heavy atom. The predicted molar refractivity (Wildman–Crippen MR) is 77.5 cm³/mol. The van der Waals surface area contributed by atoms with Gasteiger partial charge >= 0.3 is 0 Å². The van der Waals surface area contributed by atoms with Crippen molar-refractivity contribution >= 4 is 11.6 Å². The van der Waals surface area contributed by atoms with Crippen molar-refractivity contribution in [1.29, 1.82) is 0 Å². The summed E-state index contributed by atoms with van der Waals surface area (Å²) in [6, 6.07) is 10.0. The van der Waals surface area contributed by atoms with Crippen molar-refractivity contribution in [2.24, 2.45) is 0 Å². The molecule has 5 nitrogen and oxygen atoms in total. The number of aromatic amines is 1. The van der Waals surface area contributed by atoms with Crippen LogP contribution in [0.2, 0.25) is 0 Å². The SMILES string of the molecule is Nc1c(C(=O)NCCc2ccccc2)n[nH]c1C1CC1. The van der Waals surface area contributed by atoms with Crippen molar-refractivity contribution in [2.75, 3.05) is 12.3 Å². The highest BCUT2D eigenvalue weighted by Gasteiger charge is 2.30. The number of rotatable bonds is 5. The van der Waals surface area contributed by atoms with Crippen molar-refractivity contribution in [1.82, 2.24) is 15.5 Å². The van der Waals surface area contributed by atoms with Gasteiger partial charge in [-0.1, -0.05) is 30.3 Å². The molecular weight excluding hydrogens is 252 g/mol. The zero-order valence-corrected chi connectivity index (χ0v) is 11.2. The number of hydrogen-bond acceptors (Lipinski definition) is 3. The minimum absolute atomic E-state index is 0.207. The zero-order valence-electron chi connectivity index (χ0n) is 11.2. The van der Waals surface area contributed by atoms with Crippen LogP contribution < -0.4 is 11.1 Å². The van der Waals surface area contributed by atoms with E-state index in [0.29, 0.717) is 23.8 Å². The maximum atomic E-state index is 12.0. The van der Waals surface area contributed by atoms with E-state index in [4.69, 9.17) is 5.73 Å². The average Bonchev–Trinajstić information content (AvgIpc) is 3.23. The molecule has 1 aromatic heterocycles. The summed E-state index contributed by atoms with van der Waals surface area (Å²) in [5, 5.41) is 9.79. The number of aromatic nitrogens is 2. The van der Waals surface area contributed by atoms with E-state index in [9.17, 15) is 4.79 Å². The first-order chi connectivity index (χ1) is 9.75. The molecule has 0 spiro atoms. The molecule has 0 bridgehead atoms. The number of anilines is 1. The molecule has 1 fully saturated rings. The number of carbonyl (C=O) groups is 1. The molecule has 1 amide bonds. The summed E-state index contributed by atoms with van der Waals surface area (Å²) in [5.41, 5.74) is 8.91. The highest BCUT2D eigenvalue weighted by molar-refractivity contribution is 5.97. The van der Waals surface area contributed by atoms with E-state index in [-0.39, 0.29) is 5.91 Å². The van der Waals surface area contributed by atoms with Crippen LogP contribution in [0.4, 0.5) is 5.69 Å². The van der Waals surface area contributed by atoms with Crippen LogP contribution in [0.1, 0.15) is 40.5 Å². The van der Waals surface area contributed by atoms with Crippen LogP contribution in [0.5, 0.6) is 0 Å². The van der Waals surface area contributed by atoms with Gasteiger partial charge in [-0.15, -0.1) is 0 Å². The molecule has 1 aliphatic rings. The lowest BCUT2D eigenvalue weighted by molar-refractivity contribution is 0.0950. The minimum Gasteiger partial charge on any atom is -0.395 e. The number of hydrogen-bond donors (Lipinski definition) is 3. The third kappa shape index (κ3) is 2.66. The van der Waals surface area contributed by atoms with Gasteiger partial charge in [0.2, 0.25) is 0 Å². The van der Waals surface area contributed by atoms with Crippen molar-refractivity contribution in [3.8, 4) is 0 Å². The lowest BCUT2D eigenvalue weighted by Crippen LogP contribution is -2.26. The smallest absolute Gasteiger partial charge is 0.273 e. The van der Waals surface area contributed by atoms with E-state index < -0.39 is 0 Å². The van der Waals surface area contributed by atoms with Crippen molar-refractivity contribution in [2.45, 2.75) is 25.2 Å². The summed E-state index contributed by atoms with van der Waals surface area (Å²) in [6.45, 7) is 0.577. The minimum atomic E-state index is -0.207. The second kappa shape index (κ2) is 5.36. The Balaban J connectivity index is 1.56. The van der Waals surface area contributed by atoms with Crippen LogP contribution in [0.3, 0.4) is 0 Å². The largest absolute Gasteiger partial charge is 0.395 e.